The molecular formula is C15H16ClN3O4S. The van der Waals surface area contributed by atoms with Gasteiger partial charge in [0.15, 0.2) is 5.76 Å². The minimum absolute atomic E-state index is 0.251. The lowest BCUT2D eigenvalue weighted by Crippen LogP contribution is -2.50. The summed E-state index contributed by atoms with van der Waals surface area (Å²) in [4.78, 5) is 14.3. The third-order valence-electron chi connectivity index (χ3n) is 3.91. The van der Waals surface area contributed by atoms with Crippen LogP contribution in [0, 0.1) is 0 Å². The summed E-state index contributed by atoms with van der Waals surface area (Å²) in [5, 5.41) is 4.19. The van der Waals surface area contributed by atoms with Gasteiger partial charge in [-0.3, -0.25) is 4.79 Å². The predicted octanol–water partition coefficient (Wildman–Crippen LogP) is 1.71. The van der Waals surface area contributed by atoms with Gasteiger partial charge in [-0.2, -0.15) is 4.31 Å². The zero-order chi connectivity index (χ0) is 17.3. The molecule has 0 unspecified atom stereocenters. The maximum absolute atomic E-state index is 12.7. The summed E-state index contributed by atoms with van der Waals surface area (Å²) in [6, 6.07) is 7.04. The van der Waals surface area contributed by atoms with Crippen molar-refractivity contribution in [3.63, 3.8) is 0 Å². The first-order valence-corrected chi connectivity index (χ1v) is 9.54. The van der Waals surface area contributed by atoms with Crippen molar-refractivity contribution in [2.24, 2.45) is 0 Å². The Hall–Kier alpha value is -1.90. The molecule has 1 amide bonds. The molecule has 3 rings (SSSR count). The van der Waals surface area contributed by atoms with Crippen LogP contribution in [-0.2, 0) is 10.0 Å². The van der Waals surface area contributed by atoms with E-state index in [1.165, 1.54) is 16.8 Å². The summed E-state index contributed by atoms with van der Waals surface area (Å²) >= 11 is 6.16. The van der Waals surface area contributed by atoms with Crippen LogP contribution in [0.4, 0.5) is 0 Å². The van der Waals surface area contributed by atoms with E-state index in [9.17, 15) is 13.2 Å². The van der Waals surface area contributed by atoms with Gasteiger partial charge in [0, 0.05) is 31.7 Å². The Kier molecular flexibility index (Phi) is 4.62. The first-order valence-electron chi connectivity index (χ1n) is 7.32. The number of hydrogen-bond acceptors (Lipinski definition) is 5. The van der Waals surface area contributed by atoms with Gasteiger partial charge in [-0.15, -0.1) is 0 Å². The van der Waals surface area contributed by atoms with E-state index >= 15 is 0 Å². The second-order valence-electron chi connectivity index (χ2n) is 5.50. The summed E-state index contributed by atoms with van der Waals surface area (Å²) in [5.74, 6) is 0.0652. The van der Waals surface area contributed by atoms with Crippen LogP contribution < -0.4 is 0 Å². The van der Waals surface area contributed by atoms with Gasteiger partial charge in [0.05, 0.1) is 17.5 Å². The Morgan fingerprint density at radius 1 is 1.21 bits per heavy atom. The number of carbonyl (C=O) groups is 1. The highest BCUT2D eigenvalue weighted by atomic mass is 35.5. The average Bonchev–Trinajstić information content (AvgIpc) is 3.03. The topological polar surface area (TPSA) is 83.7 Å². The van der Waals surface area contributed by atoms with Crippen molar-refractivity contribution >= 4 is 27.5 Å². The molecule has 1 fully saturated rings. The van der Waals surface area contributed by atoms with Crippen molar-refractivity contribution in [3.8, 4) is 11.3 Å². The fourth-order valence-corrected chi connectivity index (χ4v) is 3.67. The van der Waals surface area contributed by atoms with Crippen molar-refractivity contribution < 1.29 is 17.7 Å². The van der Waals surface area contributed by atoms with Crippen LogP contribution in [0.1, 0.15) is 10.4 Å². The van der Waals surface area contributed by atoms with Crippen molar-refractivity contribution in [2.45, 2.75) is 0 Å². The highest BCUT2D eigenvalue weighted by molar-refractivity contribution is 7.88. The largest absolute Gasteiger partial charge is 0.355 e. The molecule has 0 N–H and O–H groups in total. The molecule has 7 nitrogen and oxygen atoms in total. The summed E-state index contributed by atoms with van der Waals surface area (Å²) in [5.41, 5.74) is 0.908. The van der Waals surface area contributed by atoms with E-state index in [-0.39, 0.29) is 19.0 Å². The maximum Gasteiger partial charge on any atom is 0.259 e. The number of nitrogens with zero attached hydrogens (tertiary/aromatic N) is 3. The number of rotatable bonds is 3. The van der Waals surface area contributed by atoms with Gasteiger partial charge < -0.3 is 9.42 Å². The maximum atomic E-state index is 12.7. The van der Waals surface area contributed by atoms with E-state index < -0.39 is 10.0 Å². The summed E-state index contributed by atoms with van der Waals surface area (Å²) < 4.78 is 29.7. The lowest BCUT2D eigenvalue weighted by Gasteiger charge is -2.33. The highest BCUT2D eigenvalue weighted by Gasteiger charge is 2.29. The Labute approximate surface area is 144 Å². The molecule has 24 heavy (non-hydrogen) atoms. The minimum Gasteiger partial charge on any atom is -0.355 e. The Morgan fingerprint density at radius 3 is 2.50 bits per heavy atom. The molecule has 0 atom stereocenters. The number of aromatic nitrogens is 1. The SMILES string of the molecule is CS(=O)(=O)N1CCN(C(=O)c2cnoc2-c2ccccc2Cl)CC1. The van der Waals surface area contributed by atoms with Crippen LogP contribution in [0.3, 0.4) is 0 Å². The van der Waals surface area contributed by atoms with E-state index in [4.69, 9.17) is 16.1 Å². The number of carbonyl (C=O) groups excluding carboxylic acids is 1. The summed E-state index contributed by atoms with van der Waals surface area (Å²) in [6.45, 7) is 1.19. The van der Waals surface area contributed by atoms with Gasteiger partial charge in [-0.05, 0) is 12.1 Å². The highest BCUT2D eigenvalue weighted by Crippen LogP contribution is 2.31. The molecule has 128 valence electrons. The Bertz CT molecular complexity index is 857. The standard InChI is InChI=1S/C15H16ClN3O4S/c1-24(21,22)19-8-6-18(7-9-19)15(20)12-10-17-23-14(12)11-4-2-3-5-13(11)16/h2-5,10H,6-9H2,1H3. The average molecular weight is 370 g/mol. The second-order valence-corrected chi connectivity index (χ2v) is 7.89. The van der Waals surface area contributed by atoms with Gasteiger partial charge in [0.2, 0.25) is 10.0 Å². The lowest BCUT2D eigenvalue weighted by atomic mass is 10.1. The third-order valence-corrected chi connectivity index (χ3v) is 5.55. The van der Waals surface area contributed by atoms with Crippen molar-refractivity contribution in [2.75, 3.05) is 32.4 Å². The third kappa shape index (κ3) is 3.31. The first-order chi connectivity index (χ1) is 11.4. The quantitative estimate of drug-likeness (QED) is 0.822. The van der Waals surface area contributed by atoms with E-state index in [2.05, 4.69) is 5.16 Å². The van der Waals surface area contributed by atoms with Crippen molar-refractivity contribution in [3.05, 3.63) is 41.0 Å². The van der Waals surface area contributed by atoms with E-state index in [0.29, 0.717) is 35.0 Å². The van der Waals surface area contributed by atoms with Crippen molar-refractivity contribution in [1.29, 1.82) is 0 Å². The molecule has 0 bridgehead atoms. The molecule has 1 aromatic heterocycles. The van der Waals surface area contributed by atoms with Crippen LogP contribution in [0.15, 0.2) is 35.0 Å². The van der Waals surface area contributed by atoms with Crippen LogP contribution in [0.25, 0.3) is 11.3 Å². The fraction of sp³-hybridized carbons (Fsp3) is 0.333. The molecule has 0 radical (unpaired) electrons. The monoisotopic (exact) mass is 369 g/mol. The van der Waals surface area contributed by atoms with Gasteiger partial charge >= 0.3 is 0 Å². The van der Waals surface area contributed by atoms with Gasteiger partial charge in [0.1, 0.15) is 5.56 Å². The number of piperazine rings is 1. The Morgan fingerprint density at radius 2 is 1.88 bits per heavy atom. The van der Waals surface area contributed by atoms with Crippen LogP contribution >= 0.6 is 11.6 Å². The fourth-order valence-electron chi connectivity index (χ4n) is 2.62. The second kappa shape index (κ2) is 6.54. The molecule has 1 aliphatic rings. The molecule has 0 saturated carbocycles. The van der Waals surface area contributed by atoms with Crippen LogP contribution in [0.5, 0.6) is 0 Å². The molecule has 0 spiro atoms. The zero-order valence-electron chi connectivity index (χ0n) is 13.0. The molecule has 1 saturated heterocycles. The van der Waals surface area contributed by atoms with Gasteiger partial charge in [-0.25, -0.2) is 8.42 Å². The number of benzene rings is 1. The smallest absolute Gasteiger partial charge is 0.259 e. The number of amides is 1. The minimum atomic E-state index is -3.24. The summed E-state index contributed by atoms with van der Waals surface area (Å²) in [6.07, 6.45) is 2.53. The van der Waals surface area contributed by atoms with E-state index in [0.717, 1.165) is 0 Å². The molecule has 2 heterocycles. The van der Waals surface area contributed by atoms with Crippen LogP contribution in [-0.4, -0.2) is 61.1 Å². The summed E-state index contributed by atoms with van der Waals surface area (Å²) in [7, 11) is -3.24. The molecule has 0 aliphatic carbocycles. The van der Waals surface area contributed by atoms with E-state index in [1.807, 2.05) is 0 Å². The number of hydrogen-bond donors (Lipinski definition) is 0. The van der Waals surface area contributed by atoms with Crippen molar-refractivity contribution in [1.82, 2.24) is 14.4 Å². The lowest BCUT2D eigenvalue weighted by molar-refractivity contribution is 0.0698. The number of halogens is 1. The molecule has 1 aliphatic heterocycles. The number of sulfonamides is 1. The van der Waals surface area contributed by atoms with Gasteiger partial charge in [0.25, 0.3) is 5.91 Å². The zero-order valence-corrected chi connectivity index (χ0v) is 14.5. The first kappa shape index (κ1) is 16.9. The van der Waals surface area contributed by atoms with Crippen LogP contribution in [0.2, 0.25) is 5.02 Å². The Balaban J connectivity index is 1.81. The van der Waals surface area contributed by atoms with E-state index in [1.54, 1.807) is 29.2 Å². The molecule has 1 aromatic carbocycles. The molecular weight excluding hydrogens is 354 g/mol. The molecule has 2 aromatic rings. The predicted molar refractivity (Wildman–Crippen MR) is 89.3 cm³/mol. The molecule has 9 heteroatoms. The normalized spacial score (nSPS) is 16.3. The van der Waals surface area contributed by atoms with Gasteiger partial charge in [-0.1, -0.05) is 28.9 Å².